The molecule has 166 valence electrons. The molecular formula is C22H24ClF2N3O2S. The van der Waals surface area contributed by atoms with Gasteiger partial charge in [-0.1, -0.05) is 37.2 Å². The summed E-state index contributed by atoms with van der Waals surface area (Å²) >= 11 is 7.45. The maximum Gasteiger partial charge on any atom is 0.241 e. The predicted molar refractivity (Wildman–Crippen MR) is 120 cm³/mol. The first kappa shape index (κ1) is 23.5. The van der Waals surface area contributed by atoms with Crippen LogP contribution in [0.15, 0.2) is 41.5 Å². The van der Waals surface area contributed by atoms with E-state index in [1.54, 1.807) is 18.2 Å². The lowest BCUT2D eigenvalue weighted by Gasteiger charge is -2.45. The Bertz CT molecular complexity index is 1020. The number of nitrogens with two attached hydrogens (primary N) is 1. The summed E-state index contributed by atoms with van der Waals surface area (Å²) in [5.74, 6) is -1.21. The molecular weight excluding hydrogens is 444 g/mol. The summed E-state index contributed by atoms with van der Waals surface area (Å²) in [5.41, 5.74) is 6.49. The summed E-state index contributed by atoms with van der Waals surface area (Å²) in [4.78, 5) is 11.6. The van der Waals surface area contributed by atoms with Gasteiger partial charge < -0.3 is 10.5 Å². The van der Waals surface area contributed by atoms with E-state index in [0.717, 1.165) is 18.2 Å². The molecule has 0 aliphatic carbocycles. The van der Waals surface area contributed by atoms with Gasteiger partial charge in [0, 0.05) is 29.0 Å². The number of thioether (sulfide) groups is 1. The van der Waals surface area contributed by atoms with Gasteiger partial charge in [-0.15, -0.1) is 0 Å². The second-order valence-corrected chi connectivity index (χ2v) is 8.53. The number of carbonyl (C=O) groups is 1. The molecule has 2 N–H and O–H groups in total. The zero-order valence-electron chi connectivity index (χ0n) is 17.5. The molecule has 1 spiro atoms. The van der Waals surface area contributed by atoms with Crippen molar-refractivity contribution >= 4 is 34.3 Å². The number of hydrazone groups is 1. The third-order valence-electron chi connectivity index (χ3n) is 5.05. The Kier molecular flexibility index (Phi) is 7.24. The Morgan fingerprint density at radius 1 is 1.32 bits per heavy atom. The molecule has 2 aromatic rings. The summed E-state index contributed by atoms with van der Waals surface area (Å²) in [6, 6.07) is 8.32. The van der Waals surface area contributed by atoms with Gasteiger partial charge in [-0.3, -0.25) is 4.79 Å². The Hall–Kier alpha value is -2.16. The Morgan fingerprint density at radius 2 is 2.06 bits per heavy atom. The van der Waals surface area contributed by atoms with E-state index in [0.29, 0.717) is 35.9 Å². The van der Waals surface area contributed by atoms with E-state index in [9.17, 15) is 13.6 Å². The summed E-state index contributed by atoms with van der Waals surface area (Å²) < 4.78 is 34.2. The molecule has 2 aromatic carbocycles. The van der Waals surface area contributed by atoms with Crippen molar-refractivity contribution in [3.8, 4) is 5.75 Å². The van der Waals surface area contributed by atoms with Gasteiger partial charge in [0.25, 0.3) is 0 Å². The van der Waals surface area contributed by atoms with Crippen LogP contribution in [0.4, 0.5) is 8.78 Å². The van der Waals surface area contributed by atoms with Crippen LogP contribution in [0.5, 0.6) is 5.75 Å². The minimum absolute atomic E-state index is 0.000284. The molecule has 2 aliphatic heterocycles. The Morgan fingerprint density at radius 3 is 2.74 bits per heavy atom. The minimum atomic E-state index is -1.02. The van der Waals surface area contributed by atoms with Crippen molar-refractivity contribution < 1.29 is 18.3 Å². The number of halogens is 3. The van der Waals surface area contributed by atoms with Crippen LogP contribution >= 0.6 is 23.4 Å². The van der Waals surface area contributed by atoms with E-state index in [2.05, 4.69) is 5.10 Å². The van der Waals surface area contributed by atoms with Crippen molar-refractivity contribution in [3.63, 3.8) is 0 Å². The quantitative estimate of drug-likeness (QED) is 0.681. The fourth-order valence-corrected chi connectivity index (χ4v) is 5.52. The summed E-state index contributed by atoms with van der Waals surface area (Å²) in [5, 5.41) is 6.43. The van der Waals surface area contributed by atoms with Gasteiger partial charge in [-0.25, -0.2) is 13.8 Å². The van der Waals surface area contributed by atoms with E-state index in [1.165, 1.54) is 23.7 Å². The number of nitrogens with zero attached hydrogens (tertiary/aromatic N) is 2. The number of hydrogen-bond acceptors (Lipinski definition) is 5. The Labute approximate surface area is 189 Å². The lowest BCUT2D eigenvalue weighted by molar-refractivity contribution is -0.134. The molecule has 0 bridgehead atoms. The molecule has 0 fully saturated rings. The smallest absolute Gasteiger partial charge is 0.241 e. The summed E-state index contributed by atoms with van der Waals surface area (Å²) in [6.07, 6.45) is 0.539. The zero-order chi connectivity index (χ0) is 22.8. The molecule has 9 heteroatoms. The largest absolute Gasteiger partial charge is 0.493 e. The van der Waals surface area contributed by atoms with Crippen LogP contribution in [0.1, 0.15) is 38.3 Å². The minimum Gasteiger partial charge on any atom is -0.493 e. The first-order chi connectivity index (χ1) is 14.9. The first-order valence-corrected chi connectivity index (χ1v) is 11.2. The molecule has 0 saturated carbocycles. The van der Waals surface area contributed by atoms with Gasteiger partial charge in [0.2, 0.25) is 5.91 Å². The van der Waals surface area contributed by atoms with Crippen LogP contribution in [0.2, 0.25) is 5.02 Å². The lowest BCUT2D eigenvalue weighted by Crippen LogP contribution is -2.51. The average Bonchev–Trinajstić information content (AvgIpc) is 3.15. The van der Waals surface area contributed by atoms with E-state index in [-0.39, 0.29) is 22.4 Å². The van der Waals surface area contributed by atoms with Crippen molar-refractivity contribution in [2.75, 3.05) is 13.2 Å². The summed E-state index contributed by atoms with van der Waals surface area (Å²) in [7, 11) is 0. The fraction of sp³-hybridized carbons (Fsp3) is 0.364. The van der Waals surface area contributed by atoms with Crippen LogP contribution in [-0.2, 0) is 9.67 Å². The number of benzene rings is 2. The van der Waals surface area contributed by atoms with Gasteiger partial charge in [-0.05, 0) is 49.4 Å². The number of amides is 1. The highest BCUT2D eigenvalue weighted by molar-refractivity contribution is 8.15. The third kappa shape index (κ3) is 4.16. The predicted octanol–water partition coefficient (Wildman–Crippen LogP) is 5.11. The number of hydrogen-bond donors (Lipinski definition) is 1. The normalized spacial score (nSPS) is 21.7. The lowest BCUT2D eigenvalue weighted by atomic mass is 9.86. The van der Waals surface area contributed by atoms with E-state index in [4.69, 9.17) is 22.1 Å². The van der Waals surface area contributed by atoms with Gasteiger partial charge in [-0.2, -0.15) is 5.10 Å². The van der Waals surface area contributed by atoms with Crippen LogP contribution in [0.3, 0.4) is 0 Å². The number of rotatable bonds is 3. The maximum atomic E-state index is 14.5. The van der Waals surface area contributed by atoms with E-state index >= 15 is 0 Å². The number of fused-ring (bicyclic) bond motifs is 2. The molecule has 5 nitrogen and oxygen atoms in total. The van der Waals surface area contributed by atoms with Crippen LogP contribution in [-0.4, -0.2) is 29.1 Å². The average molecular weight is 468 g/mol. The summed E-state index contributed by atoms with van der Waals surface area (Å²) in [6.45, 7) is 6.05. The van der Waals surface area contributed by atoms with E-state index < -0.39 is 16.5 Å². The molecule has 0 saturated heterocycles. The molecule has 2 aliphatic rings. The van der Waals surface area contributed by atoms with Crippen LogP contribution in [0, 0.1) is 17.6 Å². The van der Waals surface area contributed by atoms with Crippen molar-refractivity contribution in [1.29, 1.82) is 0 Å². The fourth-order valence-electron chi connectivity index (χ4n) is 3.79. The molecule has 4 rings (SSSR count). The van der Waals surface area contributed by atoms with Crippen molar-refractivity contribution in [2.24, 2.45) is 16.8 Å². The monoisotopic (exact) mass is 467 g/mol. The Balaban J connectivity index is 0.00000132. The van der Waals surface area contributed by atoms with Gasteiger partial charge in [0.1, 0.15) is 22.4 Å². The second-order valence-electron chi connectivity index (χ2n) is 6.88. The molecule has 2 atom stereocenters. The molecule has 2 unspecified atom stereocenters. The van der Waals surface area contributed by atoms with Gasteiger partial charge >= 0.3 is 0 Å². The number of carbonyl (C=O) groups excluding carboxylic acids is 1. The highest BCUT2D eigenvalue weighted by Crippen LogP contribution is 2.57. The second kappa shape index (κ2) is 9.54. The van der Waals surface area contributed by atoms with Crippen molar-refractivity contribution in [1.82, 2.24) is 5.01 Å². The highest BCUT2D eigenvalue weighted by Gasteiger charge is 2.56. The molecule has 31 heavy (non-hydrogen) atoms. The SMILES string of the molecule is CC.CC(=O)N1N=C(c2cc(F)ccc2F)SC12c1cc(Cl)ccc1OCC2CCN. The number of ether oxygens (including phenoxy) is 1. The molecule has 0 radical (unpaired) electrons. The van der Waals surface area contributed by atoms with Crippen molar-refractivity contribution in [3.05, 3.63) is 64.2 Å². The van der Waals surface area contributed by atoms with Gasteiger partial charge in [0.05, 0.1) is 6.61 Å². The van der Waals surface area contributed by atoms with Crippen molar-refractivity contribution in [2.45, 2.75) is 32.1 Å². The molecule has 2 heterocycles. The zero-order valence-corrected chi connectivity index (χ0v) is 19.1. The topological polar surface area (TPSA) is 67.9 Å². The highest BCUT2D eigenvalue weighted by atomic mass is 35.5. The first-order valence-electron chi connectivity index (χ1n) is 10.0. The van der Waals surface area contributed by atoms with E-state index in [1.807, 2.05) is 13.8 Å². The van der Waals surface area contributed by atoms with Crippen LogP contribution in [0.25, 0.3) is 0 Å². The standard InChI is InChI=1S/C20H18ClF2N3O2S.C2H6/c1-11(27)26-20(29-19(25-26)15-9-14(22)3-4-17(15)23)12(6-7-24)10-28-18-5-2-13(21)8-16(18)20;1-2/h2-5,8-9,12H,6-7,10,24H2,1H3;1-2H3. The maximum absolute atomic E-state index is 14.5. The van der Waals surface area contributed by atoms with Gasteiger partial charge in [0.15, 0.2) is 4.87 Å². The van der Waals surface area contributed by atoms with Crippen LogP contribution < -0.4 is 10.5 Å². The molecule has 0 aromatic heterocycles. The molecule has 1 amide bonds. The third-order valence-corrected chi connectivity index (χ3v) is 6.82.